The SMILES string of the molecule is CC(=O)c1ccc(OC(F)F)c(C(F)(F)F)c1. The topological polar surface area (TPSA) is 26.3 Å². The first-order valence-corrected chi connectivity index (χ1v) is 4.39. The van der Waals surface area contributed by atoms with Crippen molar-refractivity contribution >= 4 is 5.78 Å². The van der Waals surface area contributed by atoms with Crippen molar-refractivity contribution in [3.05, 3.63) is 29.3 Å². The Bertz CT molecular complexity index is 425. The van der Waals surface area contributed by atoms with Crippen LogP contribution in [0.15, 0.2) is 18.2 Å². The molecule has 0 saturated carbocycles. The average Bonchev–Trinajstić information content (AvgIpc) is 2.15. The molecule has 0 spiro atoms. The van der Waals surface area contributed by atoms with Crippen LogP contribution in [0, 0.1) is 0 Å². The molecule has 2 nitrogen and oxygen atoms in total. The molecular weight excluding hydrogens is 247 g/mol. The number of Topliss-reactive ketones (excluding diaryl/α,β-unsaturated/α-hetero) is 1. The van der Waals surface area contributed by atoms with Gasteiger partial charge >= 0.3 is 12.8 Å². The van der Waals surface area contributed by atoms with Crippen molar-refractivity contribution in [3.8, 4) is 5.75 Å². The van der Waals surface area contributed by atoms with Crippen LogP contribution in [0.5, 0.6) is 5.75 Å². The molecule has 0 aliphatic heterocycles. The van der Waals surface area contributed by atoms with E-state index in [1.54, 1.807) is 0 Å². The third kappa shape index (κ3) is 3.40. The van der Waals surface area contributed by atoms with Gasteiger partial charge in [0.1, 0.15) is 5.75 Å². The van der Waals surface area contributed by atoms with Crippen molar-refractivity contribution in [3.63, 3.8) is 0 Å². The zero-order valence-electron chi connectivity index (χ0n) is 8.52. The number of hydrogen-bond donors (Lipinski definition) is 0. The van der Waals surface area contributed by atoms with Crippen LogP contribution in [0.4, 0.5) is 22.0 Å². The highest BCUT2D eigenvalue weighted by Gasteiger charge is 2.35. The molecule has 0 aliphatic carbocycles. The summed E-state index contributed by atoms with van der Waals surface area (Å²) in [5, 5.41) is 0. The highest BCUT2D eigenvalue weighted by atomic mass is 19.4. The van der Waals surface area contributed by atoms with Gasteiger partial charge < -0.3 is 4.74 Å². The molecule has 0 bridgehead atoms. The first-order valence-electron chi connectivity index (χ1n) is 4.39. The van der Waals surface area contributed by atoms with E-state index < -0.39 is 29.9 Å². The highest BCUT2D eigenvalue weighted by Crippen LogP contribution is 2.37. The van der Waals surface area contributed by atoms with Gasteiger partial charge in [0.2, 0.25) is 0 Å². The fourth-order valence-corrected chi connectivity index (χ4v) is 1.17. The van der Waals surface area contributed by atoms with E-state index in [4.69, 9.17) is 0 Å². The molecule has 0 aliphatic rings. The predicted molar refractivity (Wildman–Crippen MR) is 48.1 cm³/mol. The molecular formula is C10H7F5O2. The Morgan fingerprint density at radius 1 is 1.29 bits per heavy atom. The Morgan fingerprint density at radius 3 is 2.29 bits per heavy atom. The van der Waals surface area contributed by atoms with Crippen LogP contribution in [0.25, 0.3) is 0 Å². The number of carbonyl (C=O) groups is 1. The van der Waals surface area contributed by atoms with E-state index in [1.165, 1.54) is 0 Å². The van der Waals surface area contributed by atoms with Gasteiger partial charge in [-0.05, 0) is 25.1 Å². The predicted octanol–water partition coefficient (Wildman–Crippen LogP) is 3.51. The van der Waals surface area contributed by atoms with Gasteiger partial charge in [-0.15, -0.1) is 0 Å². The molecule has 1 rings (SSSR count). The number of ketones is 1. The molecule has 0 aromatic heterocycles. The average molecular weight is 254 g/mol. The van der Waals surface area contributed by atoms with E-state index in [0.29, 0.717) is 12.1 Å². The summed E-state index contributed by atoms with van der Waals surface area (Å²) in [4.78, 5) is 10.9. The number of hydrogen-bond acceptors (Lipinski definition) is 2. The molecule has 0 unspecified atom stereocenters. The fraction of sp³-hybridized carbons (Fsp3) is 0.300. The Balaban J connectivity index is 3.27. The van der Waals surface area contributed by atoms with Crippen LogP contribution in [-0.4, -0.2) is 12.4 Å². The van der Waals surface area contributed by atoms with E-state index in [1.807, 2.05) is 0 Å². The first-order chi connectivity index (χ1) is 7.71. The van der Waals surface area contributed by atoms with Gasteiger partial charge in [-0.2, -0.15) is 22.0 Å². The van der Waals surface area contributed by atoms with Crippen molar-refractivity contribution in [2.24, 2.45) is 0 Å². The van der Waals surface area contributed by atoms with Gasteiger partial charge in [-0.1, -0.05) is 0 Å². The van der Waals surface area contributed by atoms with Crippen LogP contribution in [-0.2, 0) is 6.18 Å². The second-order valence-electron chi connectivity index (χ2n) is 3.14. The third-order valence-electron chi connectivity index (χ3n) is 1.91. The number of benzene rings is 1. The first kappa shape index (κ1) is 13.4. The third-order valence-corrected chi connectivity index (χ3v) is 1.91. The number of rotatable bonds is 3. The summed E-state index contributed by atoms with van der Waals surface area (Å²) in [7, 11) is 0. The summed E-state index contributed by atoms with van der Waals surface area (Å²) in [5.74, 6) is -1.60. The smallest absolute Gasteiger partial charge is 0.419 e. The molecule has 0 atom stereocenters. The normalized spacial score (nSPS) is 11.7. The quantitative estimate of drug-likeness (QED) is 0.609. The van der Waals surface area contributed by atoms with Crippen molar-refractivity contribution in [1.82, 2.24) is 0 Å². The van der Waals surface area contributed by atoms with Crippen molar-refractivity contribution in [1.29, 1.82) is 0 Å². The lowest BCUT2D eigenvalue weighted by Gasteiger charge is -2.14. The van der Waals surface area contributed by atoms with E-state index >= 15 is 0 Å². The summed E-state index contributed by atoms with van der Waals surface area (Å²) in [6, 6.07) is 2.18. The minimum absolute atomic E-state index is 0.223. The molecule has 0 N–H and O–H groups in total. The number of alkyl halides is 5. The summed E-state index contributed by atoms with van der Waals surface area (Å²) in [6.07, 6.45) is -4.87. The van der Waals surface area contributed by atoms with Crippen LogP contribution in [0.1, 0.15) is 22.8 Å². The molecule has 7 heteroatoms. The van der Waals surface area contributed by atoms with Crippen molar-refractivity contribution in [2.45, 2.75) is 19.7 Å². The van der Waals surface area contributed by atoms with Gasteiger partial charge in [0.25, 0.3) is 0 Å². The Labute approximate surface area is 93.0 Å². The molecule has 0 fully saturated rings. The van der Waals surface area contributed by atoms with E-state index in [0.717, 1.165) is 13.0 Å². The Kier molecular flexibility index (Phi) is 3.69. The van der Waals surface area contributed by atoms with Gasteiger partial charge in [0, 0.05) is 5.56 Å². The number of halogens is 5. The highest BCUT2D eigenvalue weighted by molar-refractivity contribution is 5.94. The fourth-order valence-electron chi connectivity index (χ4n) is 1.17. The van der Waals surface area contributed by atoms with Crippen LogP contribution in [0.2, 0.25) is 0 Å². The second-order valence-corrected chi connectivity index (χ2v) is 3.14. The molecule has 0 radical (unpaired) electrons. The molecule has 0 saturated heterocycles. The van der Waals surface area contributed by atoms with Crippen molar-refractivity contribution in [2.75, 3.05) is 0 Å². The monoisotopic (exact) mass is 254 g/mol. The van der Waals surface area contributed by atoms with Gasteiger partial charge in [0.05, 0.1) is 5.56 Å². The van der Waals surface area contributed by atoms with Crippen LogP contribution < -0.4 is 4.74 Å². The number of ether oxygens (including phenoxy) is 1. The minimum atomic E-state index is -4.87. The van der Waals surface area contributed by atoms with E-state index in [-0.39, 0.29) is 5.56 Å². The lowest BCUT2D eigenvalue weighted by molar-refractivity contribution is -0.141. The van der Waals surface area contributed by atoms with Crippen molar-refractivity contribution < 1.29 is 31.5 Å². The molecule has 0 amide bonds. The largest absolute Gasteiger partial charge is 0.434 e. The Hall–Kier alpha value is -1.66. The van der Waals surface area contributed by atoms with Gasteiger partial charge in [-0.3, -0.25) is 4.79 Å². The summed E-state index contributed by atoms with van der Waals surface area (Å²) >= 11 is 0. The van der Waals surface area contributed by atoms with Gasteiger partial charge in [-0.25, -0.2) is 0 Å². The zero-order valence-corrected chi connectivity index (χ0v) is 8.52. The molecule has 0 heterocycles. The minimum Gasteiger partial charge on any atom is -0.434 e. The maximum atomic E-state index is 12.5. The van der Waals surface area contributed by atoms with E-state index in [9.17, 15) is 26.7 Å². The molecule has 94 valence electrons. The maximum absolute atomic E-state index is 12.5. The number of carbonyl (C=O) groups excluding carboxylic acids is 1. The van der Waals surface area contributed by atoms with Crippen LogP contribution >= 0.6 is 0 Å². The second kappa shape index (κ2) is 4.68. The van der Waals surface area contributed by atoms with Gasteiger partial charge in [0.15, 0.2) is 5.78 Å². The maximum Gasteiger partial charge on any atom is 0.419 e. The standard InChI is InChI=1S/C10H7F5O2/c1-5(16)6-2-3-8(17-9(11)12)7(4-6)10(13,14)15/h2-4,9H,1H3. The summed E-state index contributed by atoms with van der Waals surface area (Å²) < 4.78 is 65.0. The summed E-state index contributed by atoms with van der Waals surface area (Å²) in [5.41, 5.74) is -1.62. The lowest BCUT2D eigenvalue weighted by atomic mass is 10.1. The molecule has 1 aromatic carbocycles. The Morgan fingerprint density at radius 2 is 1.88 bits per heavy atom. The summed E-state index contributed by atoms with van der Waals surface area (Å²) in [6.45, 7) is -2.29. The van der Waals surface area contributed by atoms with Crippen LogP contribution in [0.3, 0.4) is 0 Å². The lowest BCUT2D eigenvalue weighted by Crippen LogP contribution is -2.12. The molecule has 17 heavy (non-hydrogen) atoms. The molecule has 1 aromatic rings. The van der Waals surface area contributed by atoms with E-state index in [2.05, 4.69) is 4.74 Å². The zero-order chi connectivity index (χ0) is 13.2.